The molecule has 2 unspecified atom stereocenters. The van der Waals surface area contributed by atoms with Crippen molar-refractivity contribution in [1.82, 2.24) is 14.7 Å². The first-order valence-corrected chi connectivity index (χ1v) is 7.19. The van der Waals surface area contributed by atoms with Gasteiger partial charge in [-0.25, -0.2) is 4.79 Å². The molecule has 0 aliphatic carbocycles. The van der Waals surface area contributed by atoms with Crippen LogP contribution in [0.4, 0.5) is 4.79 Å². The maximum atomic E-state index is 11.1. The molecule has 2 atom stereocenters. The molecule has 0 aromatic carbocycles. The average Bonchev–Trinajstić information content (AvgIpc) is 2.68. The zero-order chi connectivity index (χ0) is 14.3. The molecule has 2 fully saturated rings. The van der Waals surface area contributed by atoms with E-state index in [1.807, 2.05) is 13.1 Å². The van der Waals surface area contributed by atoms with Gasteiger partial charge in [0.1, 0.15) is 0 Å². The van der Waals surface area contributed by atoms with E-state index in [2.05, 4.69) is 16.7 Å². The summed E-state index contributed by atoms with van der Waals surface area (Å²) in [5.41, 5.74) is 2.48. The molecule has 0 spiro atoms. The zero-order valence-corrected chi connectivity index (χ0v) is 12.0. The summed E-state index contributed by atoms with van der Waals surface area (Å²) < 4.78 is 7.37. The molecule has 2 aliphatic rings. The fourth-order valence-electron chi connectivity index (χ4n) is 3.33. The molecule has 20 heavy (non-hydrogen) atoms. The minimum Gasteiger partial charge on any atom is -0.465 e. The van der Waals surface area contributed by atoms with E-state index in [1.54, 1.807) is 4.90 Å². The van der Waals surface area contributed by atoms with Crippen molar-refractivity contribution < 1.29 is 14.6 Å². The predicted molar refractivity (Wildman–Crippen MR) is 73.0 cm³/mol. The van der Waals surface area contributed by atoms with Gasteiger partial charge in [0, 0.05) is 24.2 Å². The Labute approximate surface area is 118 Å². The third kappa shape index (κ3) is 2.18. The lowest BCUT2D eigenvalue weighted by Gasteiger charge is -2.37. The first-order valence-electron chi connectivity index (χ1n) is 7.19. The zero-order valence-electron chi connectivity index (χ0n) is 12.0. The second kappa shape index (κ2) is 5.09. The summed E-state index contributed by atoms with van der Waals surface area (Å²) in [6.07, 6.45) is 2.85. The number of rotatable bonds is 2. The first kappa shape index (κ1) is 13.4. The molecule has 3 heterocycles. The monoisotopic (exact) mass is 279 g/mol. The Bertz CT molecular complexity index is 510. The summed E-state index contributed by atoms with van der Waals surface area (Å²) in [5.74, 6) is 0.392. The molecule has 0 radical (unpaired) electrons. The van der Waals surface area contributed by atoms with Crippen LogP contribution in [0.15, 0.2) is 6.20 Å². The van der Waals surface area contributed by atoms with Crippen LogP contribution in [0.2, 0.25) is 0 Å². The summed E-state index contributed by atoms with van der Waals surface area (Å²) in [6.45, 7) is 6.15. The van der Waals surface area contributed by atoms with E-state index in [0.29, 0.717) is 18.5 Å². The molecular formula is C14H21N3O3. The van der Waals surface area contributed by atoms with Gasteiger partial charge in [-0.15, -0.1) is 0 Å². The van der Waals surface area contributed by atoms with Crippen molar-refractivity contribution in [2.75, 3.05) is 19.8 Å². The number of amides is 1. The van der Waals surface area contributed by atoms with Crippen LogP contribution in [0.25, 0.3) is 0 Å². The molecule has 1 N–H and O–H groups in total. The van der Waals surface area contributed by atoms with Gasteiger partial charge in [0.2, 0.25) is 0 Å². The number of aromatic nitrogens is 2. The lowest BCUT2D eigenvalue weighted by Crippen LogP contribution is -2.44. The predicted octanol–water partition coefficient (Wildman–Crippen LogP) is 2.01. The molecular weight excluding hydrogens is 258 g/mol. The molecule has 0 bridgehead atoms. The van der Waals surface area contributed by atoms with Crippen molar-refractivity contribution in [2.45, 2.75) is 44.7 Å². The molecule has 1 amide bonds. The van der Waals surface area contributed by atoms with E-state index in [9.17, 15) is 4.79 Å². The number of likely N-dealkylation sites (tertiary alicyclic amines) is 1. The Morgan fingerprint density at radius 2 is 2.25 bits per heavy atom. The maximum absolute atomic E-state index is 11.1. The Kier molecular flexibility index (Phi) is 3.41. The van der Waals surface area contributed by atoms with Crippen molar-refractivity contribution in [1.29, 1.82) is 0 Å². The van der Waals surface area contributed by atoms with Crippen molar-refractivity contribution in [2.24, 2.45) is 0 Å². The SMILES string of the molecule is Cc1cnn(C2COC2)c1C1CCN(C(=O)O)C(C)C1. The normalized spacial score (nSPS) is 27.4. The van der Waals surface area contributed by atoms with E-state index >= 15 is 0 Å². The highest BCUT2D eigenvalue weighted by Gasteiger charge is 2.34. The number of carboxylic acid groups (broad SMARTS) is 1. The fourth-order valence-corrected chi connectivity index (χ4v) is 3.33. The van der Waals surface area contributed by atoms with Gasteiger partial charge in [-0.2, -0.15) is 5.10 Å². The molecule has 0 saturated carbocycles. The van der Waals surface area contributed by atoms with Crippen LogP contribution < -0.4 is 0 Å². The van der Waals surface area contributed by atoms with Crippen LogP contribution in [0.5, 0.6) is 0 Å². The molecule has 6 nitrogen and oxygen atoms in total. The number of hydrogen-bond donors (Lipinski definition) is 1. The molecule has 3 rings (SSSR count). The van der Waals surface area contributed by atoms with Crippen molar-refractivity contribution >= 4 is 6.09 Å². The Hall–Kier alpha value is -1.56. The number of ether oxygens (including phenoxy) is 1. The minimum atomic E-state index is -0.812. The maximum Gasteiger partial charge on any atom is 0.407 e. The number of nitrogens with zero attached hydrogens (tertiary/aromatic N) is 3. The molecule has 2 saturated heterocycles. The Balaban J connectivity index is 1.80. The summed E-state index contributed by atoms with van der Waals surface area (Å²) >= 11 is 0. The van der Waals surface area contributed by atoms with E-state index in [0.717, 1.165) is 26.1 Å². The molecule has 2 aliphatic heterocycles. The smallest absolute Gasteiger partial charge is 0.407 e. The topological polar surface area (TPSA) is 67.6 Å². The van der Waals surface area contributed by atoms with Crippen LogP contribution in [0.1, 0.15) is 43.0 Å². The van der Waals surface area contributed by atoms with Crippen LogP contribution in [-0.2, 0) is 4.74 Å². The van der Waals surface area contributed by atoms with Crippen LogP contribution >= 0.6 is 0 Å². The summed E-state index contributed by atoms with van der Waals surface area (Å²) in [5, 5.41) is 13.7. The molecule has 110 valence electrons. The van der Waals surface area contributed by atoms with Gasteiger partial charge in [0.25, 0.3) is 0 Å². The summed E-state index contributed by atoms with van der Waals surface area (Å²) in [4.78, 5) is 12.7. The minimum absolute atomic E-state index is 0.0617. The van der Waals surface area contributed by atoms with Gasteiger partial charge >= 0.3 is 6.09 Å². The van der Waals surface area contributed by atoms with Crippen LogP contribution in [0, 0.1) is 6.92 Å². The van der Waals surface area contributed by atoms with E-state index in [1.165, 1.54) is 11.3 Å². The average molecular weight is 279 g/mol. The van der Waals surface area contributed by atoms with Gasteiger partial charge in [0.15, 0.2) is 0 Å². The third-order valence-electron chi connectivity index (χ3n) is 4.50. The molecule has 1 aromatic heterocycles. The molecule has 6 heteroatoms. The number of hydrogen-bond acceptors (Lipinski definition) is 3. The first-order chi connectivity index (χ1) is 9.58. The summed E-state index contributed by atoms with van der Waals surface area (Å²) in [6, 6.07) is 0.415. The Morgan fingerprint density at radius 1 is 1.50 bits per heavy atom. The van der Waals surface area contributed by atoms with Gasteiger partial charge in [-0.1, -0.05) is 0 Å². The quantitative estimate of drug-likeness (QED) is 0.899. The number of aryl methyl sites for hydroxylation is 1. The van der Waals surface area contributed by atoms with Crippen LogP contribution in [-0.4, -0.2) is 51.7 Å². The lowest BCUT2D eigenvalue weighted by atomic mass is 9.87. The van der Waals surface area contributed by atoms with Gasteiger partial charge in [-0.05, 0) is 32.3 Å². The van der Waals surface area contributed by atoms with Crippen LogP contribution in [0.3, 0.4) is 0 Å². The van der Waals surface area contributed by atoms with Gasteiger partial charge < -0.3 is 14.7 Å². The second-order valence-electron chi connectivity index (χ2n) is 5.89. The highest BCUT2D eigenvalue weighted by molar-refractivity contribution is 5.65. The third-order valence-corrected chi connectivity index (χ3v) is 4.50. The second-order valence-corrected chi connectivity index (χ2v) is 5.89. The van der Waals surface area contributed by atoms with Gasteiger partial charge in [0.05, 0.1) is 25.5 Å². The lowest BCUT2D eigenvalue weighted by molar-refractivity contribution is -0.0307. The fraction of sp³-hybridized carbons (Fsp3) is 0.714. The molecule has 1 aromatic rings. The standard InChI is InChI=1S/C14H21N3O3/c1-9-6-15-17(12-7-20-8-12)13(9)11-3-4-16(14(18)19)10(2)5-11/h6,10-12H,3-5,7-8H2,1-2H3,(H,18,19). The van der Waals surface area contributed by atoms with Crippen molar-refractivity contribution in [3.8, 4) is 0 Å². The van der Waals surface area contributed by atoms with E-state index in [-0.39, 0.29) is 6.04 Å². The number of piperidine rings is 1. The van der Waals surface area contributed by atoms with Gasteiger partial charge in [-0.3, -0.25) is 4.68 Å². The number of carbonyl (C=O) groups is 1. The van der Waals surface area contributed by atoms with Crippen molar-refractivity contribution in [3.05, 3.63) is 17.5 Å². The summed E-state index contributed by atoms with van der Waals surface area (Å²) in [7, 11) is 0. The largest absolute Gasteiger partial charge is 0.465 e. The highest BCUT2D eigenvalue weighted by Crippen LogP contribution is 2.35. The van der Waals surface area contributed by atoms with Crippen molar-refractivity contribution in [3.63, 3.8) is 0 Å². The highest BCUT2D eigenvalue weighted by atomic mass is 16.5. The van der Waals surface area contributed by atoms with E-state index < -0.39 is 6.09 Å². The van der Waals surface area contributed by atoms with E-state index in [4.69, 9.17) is 9.84 Å². The Morgan fingerprint density at radius 3 is 2.80 bits per heavy atom.